The number of rotatable bonds is 43. The van der Waals surface area contributed by atoms with Crippen LogP contribution in [0, 0.1) is 0 Å². The molecule has 0 saturated heterocycles. The van der Waals surface area contributed by atoms with Crippen molar-refractivity contribution in [3.8, 4) is 0 Å². The monoisotopic (exact) mass is 846 g/mol. The van der Waals surface area contributed by atoms with Crippen LogP contribution in [-0.4, -0.2) is 149 Å². The summed E-state index contributed by atoms with van der Waals surface area (Å²) in [5, 5.41) is 37.5. The minimum atomic E-state index is -1.19. The molecule has 0 aromatic carbocycles. The fourth-order valence-electron chi connectivity index (χ4n) is 5.67. The van der Waals surface area contributed by atoms with E-state index in [4.69, 9.17) is 29.3 Å². The van der Waals surface area contributed by atoms with E-state index in [9.17, 15) is 38.7 Å². The van der Waals surface area contributed by atoms with Crippen LogP contribution in [0.4, 0.5) is 0 Å². The number of carboxylic acid groups (broad SMARTS) is 2. The molecule has 0 spiro atoms. The van der Waals surface area contributed by atoms with Gasteiger partial charge in [-0.15, -0.1) is 0 Å². The van der Waals surface area contributed by atoms with Crippen LogP contribution in [0.3, 0.4) is 0 Å². The van der Waals surface area contributed by atoms with Crippen molar-refractivity contribution in [3.63, 3.8) is 0 Å². The van der Waals surface area contributed by atoms with Crippen molar-refractivity contribution in [1.82, 2.24) is 26.7 Å². The van der Waals surface area contributed by atoms with E-state index in [1.165, 1.54) is 27.1 Å². The molecule has 0 bridgehead atoms. The first-order valence-corrected chi connectivity index (χ1v) is 21.2. The number of aliphatic carboxylic acids is 2. The zero-order valence-corrected chi connectivity index (χ0v) is 35.2. The van der Waals surface area contributed by atoms with Gasteiger partial charge >= 0.3 is 11.9 Å². The molecular weight excluding hydrogens is 773 g/mol. The van der Waals surface area contributed by atoms with E-state index in [1.54, 1.807) is 0 Å². The van der Waals surface area contributed by atoms with Gasteiger partial charge < -0.3 is 60.4 Å². The van der Waals surface area contributed by atoms with Gasteiger partial charge in [0, 0.05) is 38.9 Å². The van der Waals surface area contributed by atoms with Crippen molar-refractivity contribution in [1.29, 1.82) is 0 Å². The number of nitrogens with one attached hydrogen (secondary N) is 5. The Labute approximate surface area is 349 Å². The maximum absolute atomic E-state index is 12.3. The Hall–Kier alpha value is -3.69. The average Bonchev–Trinajstić information content (AvgIpc) is 3.19. The lowest BCUT2D eigenvalue weighted by Gasteiger charge is -2.14. The summed E-state index contributed by atoms with van der Waals surface area (Å²) < 4.78 is 21.3. The van der Waals surface area contributed by atoms with Crippen molar-refractivity contribution in [3.05, 3.63) is 0 Å². The van der Waals surface area contributed by atoms with Gasteiger partial charge in [-0.05, 0) is 38.5 Å². The number of hydroxylamine groups is 1. The number of unbranched alkanes of at least 4 members (excludes halogenated alkanes) is 12. The van der Waals surface area contributed by atoms with Gasteiger partial charge in [0.25, 0.3) is 0 Å². The first-order valence-electron chi connectivity index (χ1n) is 21.2. The standard InChI is InChI=1S/C39H72BN5O14/c40-38(52)31(45-55)15-13-14-20-41-35(48)29-58-27-26-57-24-22-43-36(49)30-59-28-25-56-23-21-42-33(46)19-18-32(39(53)54)44-34(47)16-11-9-7-5-3-1-2-4-6-8-10-12-17-37(50)51/h31-32,45,55H,1-30,40H2,(H,41,48)(H,42,46)(H,43,49)(H,44,47)(H,50,51)(H,53,54)/t31-,32-/m0/s1. The van der Waals surface area contributed by atoms with Crippen LogP contribution >= 0.6 is 0 Å². The molecule has 0 radical (unpaired) electrons. The predicted molar refractivity (Wildman–Crippen MR) is 219 cm³/mol. The van der Waals surface area contributed by atoms with Crippen LogP contribution in [0.25, 0.3) is 0 Å². The Bertz CT molecular complexity index is 1170. The number of carbonyl (C=O) groups excluding carboxylic acids is 5. The number of carbonyl (C=O) groups is 7. The van der Waals surface area contributed by atoms with E-state index in [1.807, 2.05) is 5.48 Å². The van der Waals surface area contributed by atoms with Gasteiger partial charge in [0.1, 0.15) is 24.9 Å². The van der Waals surface area contributed by atoms with Crippen molar-refractivity contribution < 1.29 is 67.9 Å². The van der Waals surface area contributed by atoms with Gasteiger partial charge in [0.05, 0.1) is 45.7 Å². The predicted octanol–water partition coefficient (Wildman–Crippen LogP) is 0.974. The fraction of sp³-hybridized carbons (Fsp3) is 0.821. The molecule has 0 heterocycles. The normalized spacial score (nSPS) is 12.0. The second kappa shape index (κ2) is 39.8. The summed E-state index contributed by atoms with van der Waals surface area (Å²) >= 11 is 0. The molecule has 0 aromatic heterocycles. The Morgan fingerprint density at radius 3 is 1.39 bits per heavy atom. The summed E-state index contributed by atoms with van der Waals surface area (Å²) in [6, 6.07) is -1.74. The third-order valence-electron chi connectivity index (χ3n) is 9.07. The number of hydrogen-bond acceptors (Lipinski definition) is 13. The first-order chi connectivity index (χ1) is 28.5. The fourth-order valence-corrected chi connectivity index (χ4v) is 5.67. The van der Waals surface area contributed by atoms with E-state index >= 15 is 0 Å². The number of hydrogen-bond donors (Lipinski definition) is 8. The quantitative estimate of drug-likeness (QED) is 0.0241. The zero-order chi connectivity index (χ0) is 43.8. The topological polar surface area (TPSA) is 277 Å². The third-order valence-corrected chi connectivity index (χ3v) is 9.07. The first kappa shape index (κ1) is 55.3. The average molecular weight is 846 g/mol. The van der Waals surface area contributed by atoms with Gasteiger partial charge in [-0.25, -0.2) is 4.79 Å². The summed E-state index contributed by atoms with van der Waals surface area (Å²) in [6.07, 6.45) is 14.5. The molecule has 8 N–H and O–H groups in total. The Balaban J connectivity index is 3.66. The molecule has 0 rings (SSSR count). The van der Waals surface area contributed by atoms with Crippen LogP contribution in [-0.2, 0) is 52.5 Å². The number of amides is 4. The lowest BCUT2D eigenvalue weighted by atomic mass is 9.92. The number of carboxylic acids is 2. The molecule has 0 aliphatic heterocycles. The van der Waals surface area contributed by atoms with Crippen LogP contribution in [0.15, 0.2) is 0 Å². The Kier molecular flexibility index (Phi) is 37.3. The molecule has 0 aromatic rings. The third kappa shape index (κ3) is 38.3. The van der Waals surface area contributed by atoms with Gasteiger partial charge in [0.15, 0.2) is 7.85 Å². The zero-order valence-electron chi connectivity index (χ0n) is 35.2. The highest BCUT2D eigenvalue weighted by Gasteiger charge is 2.21. The molecule has 20 heteroatoms. The van der Waals surface area contributed by atoms with Gasteiger partial charge in [-0.2, -0.15) is 5.48 Å². The second-order valence-corrected chi connectivity index (χ2v) is 14.3. The maximum Gasteiger partial charge on any atom is 0.326 e. The van der Waals surface area contributed by atoms with Crippen molar-refractivity contribution >= 4 is 49.1 Å². The van der Waals surface area contributed by atoms with E-state index in [0.717, 1.165) is 51.4 Å². The molecule has 0 unspecified atom stereocenters. The van der Waals surface area contributed by atoms with Crippen molar-refractivity contribution in [2.75, 3.05) is 72.5 Å². The summed E-state index contributed by atoms with van der Waals surface area (Å²) in [4.78, 5) is 81.5. The van der Waals surface area contributed by atoms with Gasteiger partial charge in [-0.1, -0.05) is 64.2 Å². The van der Waals surface area contributed by atoms with Crippen molar-refractivity contribution in [2.45, 2.75) is 134 Å². The van der Waals surface area contributed by atoms with Crippen LogP contribution in [0.2, 0.25) is 0 Å². The minimum absolute atomic E-state index is 0.0350. The second-order valence-electron chi connectivity index (χ2n) is 14.3. The van der Waals surface area contributed by atoms with Crippen LogP contribution in [0.5, 0.6) is 0 Å². The summed E-state index contributed by atoms with van der Waals surface area (Å²) in [5.74, 6) is -3.23. The summed E-state index contributed by atoms with van der Waals surface area (Å²) in [6.45, 7) is 1.85. The van der Waals surface area contributed by atoms with E-state index in [2.05, 4.69) is 21.3 Å². The van der Waals surface area contributed by atoms with Gasteiger partial charge in [-0.3, -0.25) is 24.0 Å². The molecule has 59 heavy (non-hydrogen) atoms. The smallest absolute Gasteiger partial charge is 0.326 e. The summed E-state index contributed by atoms with van der Waals surface area (Å²) in [5.41, 5.74) is 1.82. The molecule has 0 fully saturated rings. The lowest BCUT2D eigenvalue weighted by molar-refractivity contribution is -0.142. The molecule has 340 valence electrons. The number of ether oxygens (including phenoxy) is 4. The Morgan fingerprint density at radius 2 is 0.915 bits per heavy atom. The molecule has 19 nitrogen and oxygen atoms in total. The van der Waals surface area contributed by atoms with E-state index in [0.29, 0.717) is 32.2 Å². The highest BCUT2D eigenvalue weighted by molar-refractivity contribution is 6.59. The lowest BCUT2D eigenvalue weighted by Crippen LogP contribution is -2.41. The minimum Gasteiger partial charge on any atom is -0.481 e. The molecule has 2 atom stereocenters. The highest BCUT2D eigenvalue weighted by atomic mass is 16.5. The van der Waals surface area contributed by atoms with Crippen LogP contribution in [0.1, 0.15) is 122 Å². The van der Waals surface area contributed by atoms with Gasteiger partial charge in [0.2, 0.25) is 23.6 Å². The molecule has 4 amide bonds. The highest BCUT2D eigenvalue weighted by Crippen LogP contribution is 2.13. The molecule has 0 aliphatic rings. The van der Waals surface area contributed by atoms with Crippen molar-refractivity contribution in [2.24, 2.45) is 0 Å². The summed E-state index contributed by atoms with van der Waals surface area (Å²) in [7, 11) is 1.39. The molecule has 0 aliphatic carbocycles. The largest absolute Gasteiger partial charge is 0.481 e. The van der Waals surface area contributed by atoms with Crippen LogP contribution < -0.4 is 26.7 Å². The van der Waals surface area contributed by atoms with E-state index < -0.39 is 24.0 Å². The SMILES string of the molecule is BC(=O)[C@H](CCCCNC(=O)COCCOCCNC(=O)COCCOCCNC(=O)CC[C@H](NC(=O)CCCCCCCCCCCCCCC(=O)O)C(=O)O)NO. The molecule has 0 saturated carbocycles. The van der Waals surface area contributed by atoms with E-state index in [-0.39, 0.29) is 121 Å². The Morgan fingerprint density at radius 1 is 0.458 bits per heavy atom. The molecular formula is C39H72BN5O14. The maximum atomic E-state index is 12.3.